The summed E-state index contributed by atoms with van der Waals surface area (Å²) >= 11 is 0. The molecule has 0 saturated carbocycles. The standard InChI is InChI=1S/C13H17N3O2/c1-4-18-13(17)11-6-5-7-16-10(9-15(2)3)8-14-12(11)16/h5-8H,4,9H2,1-3H3. The van der Waals surface area contributed by atoms with E-state index in [0.29, 0.717) is 17.8 Å². The van der Waals surface area contributed by atoms with Crippen LogP contribution in [0.3, 0.4) is 0 Å². The van der Waals surface area contributed by atoms with Crippen LogP contribution in [0.1, 0.15) is 23.0 Å². The topological polar surface area (TPSA) is 46.8 Å². The molecule has 0 fully saturated rings. The summed E-state index contributed by atoms with van der Waals surface area (Å²) in [6.45, 7) is 2.93. The Morgan fingerprint density at radius 1 is 1.50 bits per heavy atom. The van der Waals surface area contributed by atoms with Crippen molar-refractivity contribution < 1.29 is 9.53 Å². The van der Waals surface area contributed by atoms with Gasteiger partial charge in [-0.1, -0.05) is 0 Å². The second kappa shape index (κ2) is 5.18. The SMILES string of the molecule is CCOC(=O)c1cccn2c(CN(C)C)cnc12. The number of carbonyl (C=O) groups excluding carboxylic acids is 1. The number of rotatable bonds is 4. The average molecular weight is 247 g/mol. The second-order valence-corrected chi connectivity index (χ2v) is 4.32. The van der Waals surface area contributed by atoms with Crippen LogP contribution in [0, 0.1) is 0 Å². The Bertz CT molecular complexity index is 560. The van der Waals surface area contributed by atoms with Crippen LogP contribution < -0.4 is 0 Å². The summed E-state index contributed by atoms with van der Waals surface area (Å²) in [7, 11) is 3.99. The Balaban J connectivity index is 2.45. The lowest BCUT2D eigenvalue weighted by atomic mass is 10.2. The third kappa shape index (κ3) is 2.36. The fourth-order valence-corrected chi connectivity index (χ4v) is 1.87. The molecule has 2 heterocycles. The molecule has 0 bridgehead atoms. The molecule has 0 spiro atoms. The van der Waals surface area contributed by atoms with Gasteiger partial charge in [-0.2, -0.15) is 0 Å². The molecule has 0 aliphatic heterocycles. The first kappa shape index (κ1) is 12.6. The number of imidazole rings is 1. The molecule has 2 rings (SSSR count). The highest BCUT2D eigenvalue weighted by molar-refractivity contribution is 5.95. The molecule has 2 aromatic heterocycles. The second-order valence-electron chi connectivity index (χ2n) is 4.32. The highest BCUT2D eigenvalue weighted by Crippen LogP contribution is 2.14. The summed E-state index contributed by atoms with van der Waals surface area (Å²) < 4.78 is 6.95. The average Bonchev–Trinajstić information content (AvgIpc) is 2.72. The molecule has 96 valence electrons. The largest absolute Gasteiger partial charge is 0.462 e. The van der Waals surface area contributed by atoms with Crippen molar-refractivity contribution in [1.29, 1.82) is 0 Å². The van der Waals surface area contributed by atoms with Crippen LogP contribution in [-0.2, 0) is 11.3 Å². The highest BCUT2D eigenvalue weighted by Gasteiger charge is 2.14. The van der Waals surface area contributed by atoms with E-state index in [1.807, 2.05) is 30.8 Å². The molecule has 0 amide bonds. The number of esters is 1. The van der Waals surface area contributed by atoms with E-state index in [4.69, 9.17) is 4.74 Å². The lowest BCUT2D eigenvalue weighted by molar-refractivity contribution is 0.0528. The minimum Gasteiger partial charge on any atom is -0.462 e. The maximum Gasteiger partial charge on any atom is 0.341 e. The summed E-state index contributed by atoms with van der Waals surface area (Å²) in [5, 5.41) is 0. The molecule has 18 heavy (non-hydrogen) atoms. The smallest absolute Gasteiger partial charge is 0.341 e. The molecule has 0 radical (unpaired) electrons. The molecule has 0 saturated heterocycles. The van der Waals surface area contributed by atoms with Crippen molar-refractivity contribution in [3.05, 3.63) is 35.8 Å². The van der Waals surface area contributed by atoms with Crippen LogP contribution in [-0.4, -0.2) is 41.0 Å². The molecule has 0 aromatic carbocycles. The zero-order valence-electron chi connectivity index (χ0n) is 10.9. The van der Waals surface area contributed by atoms with E-state index >= 15 is 0 Å². The van der Waals surface area contributed by atoms with Gasteiger partial charge in [-0.3, -0.25) is 0 Å². The number of carbonyl (C=O) groups is 1. The maximum atomic E-state index is 11.8. The van der Waals surface area contributed by atoms with Gasteiger partial charge in [0.1, 0.15) is 5.56 Å². The summed E-state index contributed by atoms with van der Waals surface area (Å²) in [4.78, 5) is 18.2. The molecular weight excluding hydrogens is 230 g/mol. The van der Waals surface area contributed by atoms with Crippen molar-refractivity contribution in [2.75, 3.05) is 20.7 Å². The van der Waals surface area contributed by atoms with Crippen molar-refractivity contribution in [3.63, 3.8) is 0 Å². The Kier molecular flexibility index (Phi) is 3.62. The van der Waals surface area contributed by atoms with Crippen molar-refractivity contribution in [2.24, 2.45) is 0 Å². The predicted molar refractivity (Wildman–Crippen MR) is 68.5 cm³/mol. The van der Waals surface area contributed by atoms with Gasteiger partial charge >= 0.3 is 5.97 Å². The fraction of sp³-hybridized carbons (Fsp3) is 0.385. The molecule has 0 N–H and O–H groups in total. The summed E-state index contributed by atoms with van der Waals surface area (Å²) in [6, 6.07) is 3.57. The first-order chi connectivity index (χ1) is 8.63. The number of hydrogen-bond acceptors (Lipinski definition) is 4. The number of ether oxygens (including phenoxy) is 1. The van der Waals surface area contributed by atoms with Gasteiger partial charge in [0.05, 0.1) is 18.5 Å². The zero-order valence-corrected chi connectivity index (χ0v) is 10.9. The van der Waals surface area contributed by atoms with E-state index in [2.05, 4.69) is 9.88 Å². The Hall–Kier alpha value is -1.88. The van der Waals surface area contributed by atoms with Gasteiger partial charge in [0.25, 0.3) is 0 Å². The van der Waals surface area contributed by atoms with Crippen LogP contribution in [0.5, 0.6) is 0 Å². The minimum atomic E-state index is -0.329. The van der Waals surface area contributed by atoms with Crippen molar-refractivity contribution in [3.8, 4) is 0 Å². The van der Waals surface area contributed by atoms with Crippen molar-refractivity contribution in [2.45, 2.75) is 13.5 Å². The third-order valence-electron chi connectivity index (χ3n) is 2.59. The first-order valence-corrected chi connectivity index (χ1v) is 5.90. The molecular formula is C13H17N3O2. The van der Waals surface area contributed by atoms with Gasteiger partial charge in [0.2, 0.25) is 0 Å². The normalized spacial score (nSPS) is 11.1. The van der Waals surface area contributed by atoms with E-state index in [9.17, 15) is 4.79 Å². The monoisotopic (exact) mass is 247 g/mol. The first-order valence-electron chi connectivity index (χ1n) is 5.90. The van der Waals surface area contributed by atoms with Crippen LogP contribution in [0.4, 0.5) is 0 Å². The lowest BCUT2D eigenvalue weighted by Crippen LogP contribution is -2.13. The number of fused-ring (bicyclic) bond motifs is 1. The quantitative estimate of drug-likeness (QED) is 0.769. The fourth-order valence-electron chi connectivity index (χ4n) is 1.87. The van der Waals surface area contributed by atoms with Gasteiger partial charge in [-0.15, -0.1) is 0 Å². The van der Waals surface area contributed by atoms with E-state index < -0.39 is 0 Å². The van der Waals surface area contributed by atoms with Gasteiger partial charge < -0.3 is 14.0 Å². The van der Waals surface area contributed by atoms with Crippen LogP contribution in [0.25, 0.3) is 5.65 Å². The van der Waals surface area contributed by atoms with Gasteiger partial charge in [0.15, 0.2) is 5.65 Å². The van der Waals surface area contributed by atoms with Crippen LogP contribution >= 0.6 is 0 Å². The third-order valence-corrected chi connectivity index (χ3v) is 2.59. The number of pyridine rings is 1. The number of aromatic nitrogens is 2. The number of nitrogens with zero attached hydrogens (tertiary/aromatic N) is 3. The zero-order chi connectivity index (χ0) is 13.1. The molecule has 0 aliphatic carbocycles. The Labute approximate surface area is 106 Å². The minimum absolute atomic E-state index is 0.329. The molecule has 2 aromatic rings. The summed E-state index contributed by atoms with van der Waals surface area (Å²) in [5.41, 5.74) is 2.19. The van der Waals surface area contributed by atoms with Gasteiger partial charge in [-0.25, -0.2) is 9.78 Å². The van der Waals surface area contributed by atoms with E-state index in [0.717, 1.165) is 12.2 Å². The summed E-state index contributed by atoms with van der Waals surface area (Å²) in [5.74, 6) is -0.329. The van der Waals surface area contributed by atoms with Gasteiger partial charge in [-0.05, 0) is 33.2 Å². The highest BCUT2D eigenvalue weighted by atomic mass is 16.5. The molecule has 5 nitrogen and oxygen atoms in total. The van der Waals surface area contributed by atoms with E-state index in [-0.39, 0.29) is 5.97 Å². The predicted octanol–water partition coefficient (Wildman–Crippen LogP) is 1.57. The van der Waals surface area contributed by atoms with Gasteiger partial charge in [0, 0.05) is 12.7 Å². The maximum absolute atomic E-state index is 11.8. The lowest BCUT2D eigenvalue weighted by Gasteiger charge is -2.09. The van der Waals surface area contributed by atoms with Crippen LogP contribution in [0.2, 0.25) is 0 Å². The molecule has 0 aliphatic rings. The molecule has 5 heteroatoms. The molecule has 0 unspecified atom stereocenters. The number of hydrogen-bond donors (Lipinski definition) is 0. The Morgan fingerprint density at radius 2 is 2.28 bits per heavy atom. The Morgan fingerprint density at radius 3 is 2.94 bits per heavy atom. The van der Waals surface area contributed by atoms with Crippen LogP contribution in [0.15, 0.2) is 24.5 Å². The summed E-state index contributed by atoms with van der Waals surface area (Å²) in [6.07, 6.45) is 3.70. The van der Waals surface area contributed by atoms with Crippen molar-refractivity contribution in [1.82, 2.24) is 14.3 Å². The van der Waals surface area contributed by atoms with E-state index in [1.54, 1.807) is 19.2 Å². The van der Waals surface area contributed by atoms with E-state index in [1.165, 1.54) is 0 Å². The van der Waals surface area contributed by atoms with Crippen molar-refractivity contribution >= 4 is 11.6 Å². The molecule has 0 atom stereocenters.